The molecule has 7 heteroatoms. The van der Waals surface area contributed by atoms with E-state index in [1.807, 2.05) is 26.8 Å². The summed E-state index contributed by atoms with van der Waals surface area (Å²) in [5.74, 6) is -0.507. The summed E-state index contributed by atoms with van der Waals surface area (Å²) in [6, 6.07) is 11.6. The number of non-ortho nitro benzene ring substituents is 1. The lowest BCUT2D eigenvalue weighted by Gasteiger charge is -2.43. The number of benzene rings is 2. The van der Waals surface area contributed by atoms with Crippen LogP contribution in [-0.4, -0.2) is 16.6 Å². The monoisotopic (exact) mass is 438 g/mol. The van der Waals surface area contributed by atoms with E-state index in [4.69, 9.17) is 11.6 Å². The van der Waals surface area contributed by atoms with E-state index >= 15 is 0 Å². The molecule has 6 nitrogen and oxygen atoms in total. The van der Waals surface area contributed by atoms with E-state index < -0.39 is 10.8 Å². The average molecular weight is 439 g/mol. The molecule has 1 heterocycles. The Labute approximate surface area is 185 Å². The van der Waals surface area contributed by atoms with Crippen molar-refractivity contribution in [3.63, 3.8) is 0 Å². The number of ketones is 1. The van der Waals surface area contributed by atoms with Crippen LogP contribution in [0.25, 0.3) is 0 Å². The van der Waals surface area contributed by atoms with Crippen LogP contribution in [0.4, 0.5) is 11.4 Å². The lowest BCUT2D eigenvalue weighted by Crippen LogP contribution is -2.44. The maximum absolute atomic E-state index is 13.4. The van der Waals surface area contributed by atoms with Gasteiger partial charge in [-0.2, -0.15) is 0 Å². The van der Waals surface area contributed by atoms with Crippen LogP contribution in [0.1, 0.15) is 50.2 Å². The molecule has 1 unspecified atom stereocenters. The molecule has 2 aromatic rings. The van der Waals surface area contributed by atoms with E-state index in [0.29, 0.717) is 34.8 Å². The van der Waals surface area contributed by atoms with Crippen molar-refractivity contribution in [2.45, 2.75) is 46.0 Å². The molecule has 0 bridgehead atoms. The van der Waals surface area contributed by atoms with Gasteiger partial charge in [0.2, 0.25) is 5.91 Å². The van der Waals surface area contributed by atoms with Gasteiger partial charge in [0.25, 0.3) is 5.69 Å². The topological polar surface area (TPSA) is 80.5 Å². The summed E-state index contributed by atoms with van der Waals surface area (Å²) in [6.07, 6.45) is 1.09. The van der Waals surface area contributed by atoms with Crippen LogP contribution < -0.4 is 4.90 Å². The SMILES string of the molecule is Cc1c(Cl)cccc1N1C(=O)CC(c2ccc([N+](=O)[O-])cc2)C2=C1CC(C)(C)CC2=O. The van der Waals surface area contributed by atoms with Crippen molar-refractivity contribution < 1.29 is 14.5 Å². The molecule has 1 atom stereocenters. The number of rotatable bonds is 3. The fraction of sp³-hybridized carbons (Fsp3) is 0.333. The Balaban J connectivity index is 1.89. The fourth-order valence-electron chi connectivity index (χ4n) is 4.65. The number of amides is 1. The van der Waals surface area contributed by atoms with Gasteiger partial charge >= 0.3 is 0 Å². The third kappa shape index (κ3) is 3.76. The zero-order valence-electron chi connectivity index (χ0n) is 17.6. The van der Waals surface area contributed by atoms with Gasteiger partial charge in [0.1, 0.15) is 0 Å². The van der Waals surface area contributed by atoms with E-state index in [2.05, 4.69) is 0 Å². The van der Waals surface area contributed by atoms with Gasteiger partial charge in [0.15, 0.2) is 5.78 Å². The van der Waals surface area contributed by atoms with Crippen LogP contribution >= 0.6 is 11.6 Å². The van der Waals surface area contributed by atoms with Crippen LogP contribution in [0.5, 0.6) is 0 Å². The lowest BCUT2D eigenvalue weighted by atomic mass is 9.69. The molecule has 0 spiro atoms. The van der Waals surface area contributed by atoms with Crippen molar-refractivity contribution >= 4 is 34.7 Å². The van der Waals surface area contributed by atoms with Crippen LogP contribution in [0.3, 0.4) is 0 Å². The second-order valence-electron chi connectivity index (χ2n) is 9.02. The standard InChI is InChI=1S/C24H23ClN2O4/c1-14-18(25)5-4-6-19(14)26-20-12-24(2,3)13-21(28)23(20)17(11-22(26)29)15-7-9-16(10-8-15)27(30)31/h4-10,17H,11-13H2,1-3H3. The van der Waals surface area contributed by atoms with Gasteiger partial charge in [0.05, 0.1) is 10.6 Å². The van der Waals surface area contributed by atoms with Gasteiger partial charge in [-0.05, 0) is 42.0 Å². The Morgan fingerprint density at radius 2 is 1.77 bits per heavy atom. The molecular weight excluding hydrogens is 416 g/mol. The molecule has 0 fully saturated rings. The van der Waals surface area contributed by atoms with E-state index in [9.17, 15) is 19.7 Å². The molecule has 0 aromatic heterocycles. The number of carbonyl (C=O) groups excluding carboxylic acids is 2. The molecule has 1 aliphatic carbocycles. The third-order valence-electron chi connectivity index (χ3n) is 6.13. The van der Waals surface area contributed by atoms with Crippen molar-refractivity contribution in [1.29, 1.82) is 0 Å². The minimum absolute atomic E-state index is 0.0202. The highest BCUT2D eigenvalue weighted by atomic mass is 35.5. The average Bonchev–Trinajstić information content (AvgIpc) is 2.69. The number of Topliss-reactive ketones (excluding diaryl/α,β-unsaturated/α-hetero) is 1. The van der Waals surface area contributed by atoms with Crippen molar-refractivity contribution in [2.24, 2.45) is 5.41 Å². The highest BCUT2D eigenvalue weighted by molar-refractivity contribution is 6.31. The molecule has 2 aliphatic rings. The van der Waals surface area contributed by atoms with Crippen LogP contribution in [-0.2, 0) is 9.59 Å². The molecule has 0 radical (unpaired) electrons. The minimum Gasteiger partial charge on any atom is -0.294 e. The molecule has 4 rings (SSSR count). The molecule has 0 saturated heterocycles. The number of nitro groups is 1. The first-order chi connectivity index (χ1) is 14.6. The molecular formula is C24H23ClN2O4. The maximum Gasteiger partial charge on any atom is 0.269 e. The molecule has 1 amide bonds. The smallest absolute Gasteiger partial charge is 0.269 e. The quantitative estimate of drug-likeness (QED) is 0.453. The van der Waals surface area contributed by atoms with Crippen molar-refractivity contribution in [3.8, 4) is 0 Å². The van der Waals surface area contributed by atoms with Crippen molar-refractivity contribution in [1.82, 2.24) is 0 Å². The molecule has 31 heavy (non-hydrogen) atoms. The molecule has 0 N–H and O–H groups in total. The number of hydrogen-bond donors (Lipinski definition) is 0. The van der Waals surface area contributed by atoms with Gasteiger partial charge in [0, 0.05) is 47.2 Å². The Kier molecular flexibility index (Phi) is 5.21. The van der Waals surface area contributed by atoms with E-state index in [1.165, 1.54) is 12.1 Å². The van der Waals surface area contributed by atoms with Gasteiger partial charge in [-0.1, -0.05) is 43.6 Å². The van der Waals surface area contributed by atoms with Crippen LogP contribution in [0.2, 0.25) is 5.02 Å². The summed E-state index contributed by atoms with van der Waals surface area (Å²) in [7, 11) is 0. The zero-order valence-corrected chi connectivity index (χ0v) is 18.4. The molecule has 2 aromatic carbocycles. The zero-order chi connectivity index (χ0) is 22.5. The Bertz CT molecular complexity index is 1130. The maximum atomic E-state index is 13.4. The van der Waals surface area contributed by atoms with Gasteiger partial charge in [-0.3, -0.25) is 24.6 Å². The van der Waals surface area contributed by atoms with Gasteiger partial charge < -0.3 is 0 Å². The summed E-state index contributed by atoms with van der Waals surface area (Å²) in [6.45, 7) is 5.92. The second-order valence-corrected chi connectivity index (χ2v) is 9.43. The highest BCUT2D eigenvalue weighted by Crippen LogP contribution is 2.49. The summed E-state index contributed by atoms with van der Waals surface area (Å²) >= 11 is 6.33. The van der Waals surface area contributed by atoms with Crippen LogP contribution in [0.15, 0.2) is 53.7 Å². The third-order valence-corrected chi connectivity index (χ3v) is 6.54. The van der Waals surface area contributed by atoms with E-state index in [-0.39, 0.29) is 29.2 Å². The summed E-state index contributed by atoms with van der Waals surface area (Å²) in [5.41, 5.74) is 3.26. The number of nitro benzene ring substituents is 1. The number of halogens is 1. The minimum atomic E-state index is -0.460. The molecule has 1 aliphatic heterocycles. The predicted octanol–water partition coefficient (Wildman–Crippen LogP) is 5.72. The number of carbonyl (C=O) groups is 2. The first-order valence-electron chi connectivity index (χ1n) is 10.2. The Morgan fingerprint density at radius 3 is 2.42 bits per heavy atom. The second kappa shape index (κ2) is 7.61. The number of nitrogens with zero attached hydrogens (tertiary/aromatic N) is 2. The molecule has 0 saturated carbocycles. The van der Waals surface area contributed by atoms with E-state index in [1.54, 1.807) is 29.2 Å². The van der Waals surface area contributed by atoms with Crippen molar-refractivity contribution in [3.05, 3.63) is 80.0 Å². The summed E-state index contributed by atoms with van der Waals surface area (Å²) < 4.78 is 0. The number of anilines is 1. The molecule has 160 valence electrons. The largest absolute Gasteiger partial charge is 0.294 e. The normalized spacial score (nSPS) is 20.6. The van der Waals surface area contributed by atoms with Crippen molar-refractivity contribution in [2.75, 3.05) is 4.90 Å². The van der Waals surface area contributed by atoms with Gasteiger partial charge in [-0.15, -0.1) is 0 Å². The van der Waals surface area contributed by atoms with Gasteiger partial charge in [-0.25, -0.2) is 0 Å². The number of hydrogen-bond acceptors (Lipinski definition) is 4. The van der Waals surface area contributed by atoms with Crippen LogP contribution in [0, 0.1) is 22.5 Å². The first kappa shape index (κ1) is 21.2. The first-order valence-corrected chi connectivity index (χ1v) is 10.6. The summed E-state index contributed by atoms with van der Waals surface area (Å²) in [4.78, 5) is 39.0. The highest BCUT2D eigenvalue weighted by Gasteiger charge is 2.44. The summed E-state index contributed by atoms with van der Waals surface area (Å²) in [5, 5.41) is 11.6. The Hall–Kier alpha value is -2.99. The Morgan fingerprint density at radius 1 is 1.10 bits per heavy atom. The van der Waals surface area contributed by atoms with E-state index in [0.717, 1.165) is 11.1 Å². The lowest BCUT2D eigenvalue weighted by molar-refractivity contribution is -0.384. The fourth-order valence-corrected chi connectivity index (χ4v) is 4.82. The predicted molar refractivity (Wildman–Crippen MR) is 119 cm³/mol. The number of allylic oxidation sites excluding steroid dienone is 2.